The van der Waals surface area contributed by atoms with Gasteiger partial charge in [0.2, 0.25) is 0 Å². The molecule has 0 spiro atoms. The van der Waals surface area contributed by atoms with Gasteiger partial charge in [-0.1, -0.05) is 0 Å². The number of sulfonamides is 1. The standard InChI is InChI=1S/C9H16N4O2S/c1-12-6-9(11-7-12)16(14,15)13-5-3-2-4-8(13)10/h6-8H,2-5,10H2,1H3. The zero-order valence-electron chi connectivity index (χ0n) is 9.20. The third-order valence-corrected chi connectivity index (χ3v) is 4.56. The van der Waals surface area contributed by atoms with E-state index in [1.54, 1.807) is 11.6 Å². The quantitative estimate of drug-likeness (QED) is 0.786. The van der Waals surface area contributed by atoms with Crippen molar-refractivity contribution in [3.8, 4) is 0 Å². The van der Waals surface area contributed by atoms with Gasteiger partial charge in [-0.15, -0.1) is 0 Å². The van der Waals surface area contributed by atoms with Crippen molar-refractivity contribution in [1.29, 1.82) is 0 Å². The summed E-state index contributed by atoms with van der Waals surface area (Å²) in [6, 6.07) is 0. The van der Waals surface area contributed by atoms with E-state index in [9.17, 15) is 8.42 Å². The maximum absolute atomic E-state index is 12.2. The zero-order valence-corrected chi connectivity index (χ0v) is 10.0. The Morgan fingerprint density at radius 1 is 1.50 bits per heavy atom. The van der Waals surface area contributed by atoms with Gasteiger partial charge in [-0.25, -0.2) is 13.4 Å². The van der Waals surface area contributed by atoms with E-state index in [2.05, 4.69) is 4.98 Å². The molecule has 0 radical (unpaired) electrons. The van der Waals surface area contributed by atoms with Gasteiger partial charge < -0.3 is 10.3 Å². The third kappa shape index (κ3) is 1.98. The molecule has 0 aliphatic carbocycles. The molecule has 0 saturated carbocycles. The van der Waals surface area contributed by atoms with Crippen molar-refractivity contribution in [3.05, 3.63) is 12.5 Å². The Balaban J connectivity index is 2.31. The molecule has 1 aliphatic rings. The van der Waals surface area contributed by atoms with Gasteiger partial charge in [-0.05, 0) is 19.3 Å². The first-order chi connectivity index (χ1) is 7.51. The molecule has 16 heavy (non-hydrogen) atoms. The summed E-state index contributed by atoms with van der Waals surface area (Å²) in [5.41, 5.74) is 5.82. The van der Waals surface area contributed by atoms with Crippen LogP contribution in [0.5, 0.6) is 0 Å². The molecule has 1 unspecified atom stereocenters. The lowest BCUT2D eigenvalue weighted by molar-refractivity contribution is 0.257. The van der Waals surface area contributed by atoms with Gasteiger partial charge in [0.25, 0.3) is 10.0 Å². The fourth-order valence-corrected chi connectivity index (χ4v) is 3.42. The smallest absolute Gasteiger partial charge is 0.263 e. The molecule has 2 N–H and O–H groups in total. The normalized spacial score (nSPS) is 23.5. The number of hydrogen-bond donors (Lipinski definition) is 1. The summed E-state index contributed by atoms with van der Waals surface area (Å²) in [5.74, 6) is 0. The van der Waals surface area contributed by atoms with E-state index in [4.69, 9.17) is 5.73 Å². The van der Waals surface area contributed by atoms with E-state index in [1.165, 1.54) is 16.8 Å². The largest absolute Gasteiger partial charge is 0.339 e. The second-order valence-corrected chi connectivity index (χ2v) is 5.89. The molecular weight excluding hydrogens is 228 g/mol. The van der Waals surface area contributed by atoms with Crippen LogP contribution in [0.15, 0.2) is 17.6 Å². The van der Waals surface area contributed by atoms with E-state index in [0.29, 0.717) is 13.0 Å². The van der Waals surface area contributed by atoms with Gasteiger partial charge in [-0.3, -0.25) is 0 Å². The Morgan fingerprint density at radius 3 is 2.81 bits per heavy atom. The van der Waals surface area contributed by atoms with Gasteiger partial charge in [0.1, 0.15) is 0 Å². The zero-order chi connectivity index (χ0) is 11.8. The molecule has 0 bridgehead atoms. The van der Waals surface area contributed by atoms with Crippen molar-refractivity contribution < 1.29 is 8.42 Å². The number of hydrogen-bond acceptors (Lipinski definition) is 4. The van der Waals surface area contributed by atoms with Crippen LogP contribution in [0.2, 0.25) is 0 Å². The van der Waals surface area contributed by atoms with Crippen molar-refractivity contribution in [2.24, 2.45) is 12.8 Å². The first-order valence-corrected chi connectivity index (χ1v) is 6.71. The Morgan fingerprint density at radius 2 is 2.25 bits per heavy atom. The Labute approximate surface area is 95.1 Å². The predicted octanol–water partition coefficient (Wildman–Crippen LogP) is -0.120. The number of nitrogens with zero attached hydrogens (tertiary/aromatic N) is 3. The molecule has 1 aliphatic heterocycles. The van der Waals surface area contributed by atoms with Crippen LogP contribution in [0, 0.1) is 0 Å². The Hall–Kier alpha value is -0.920. The summed E-state index contributed by atoms with van der Waals surface area (Å²) in [5, 5.41) is 0.0763. The average molecular weight is 244 g/mol. The molecule has 0 aromatic carbocycles. The second-order valence-electron chi connectivity index (χ2n) is 4.06. The summed E-state index contributed by atoms with van der Waals surface area (Å²) >= 11 is 0. The molecule has 1 atom stereocenters. The van der Waals surface area contributed by atoms with Gasteiger partial charge in [0.15, 0.2) is 5.03 Å². The summed E-state index contributed by atoms with van der Waals surface area (Å²) in [6.45, 7) is 0.486. The van der Waals surface area contributed by atoms with Crippen LogP contribution >= 0.6 is 0 Å². The minimum absolute atomic E-state index is 0.0763. The van der Waals surface area contributed by atoms with E-state index in [0.717, 1.165) is 12.8 Å². The van der Waals surface area contributed by atoms with Crippen molar-refractivity contribution in [1.82, 2.24) is 13.9 Å². The first kappa shape index (κ1) is 11.6. The topological polar surface area (TPSA) is 81.2 Å². The van der Waals surface area contributed by atoms with Crippen LogP contribution in [-0.2, 0) is 17.1 Å². The Bertz CT molecular complexity index is 468. The molecule has 7 heteroatoms. The van der Waals surface area contributed by atoms with Crippen molar-refractivity contribution >= 4 is 10.0 Å². The fraction of sp³-hybridized carbons (Fsp3) is 0.667. The maximum atomic E-state index is 12.2. The molecule has 1 aromatic rings. The first-order valence-electron chi connectivity index (χ1n) is 5.27. The predicted molar refractivity (Wildman–Crippen MR) is 58.9 cm³/mol. The van der Waals surface area contributed by atoms with Crippen molar-refractivity contribution in [3.63, 3.8) is 0 Å². The highest BCUT2D eigenvalue weighted by Gasteiger charge is 2.32. The van der Waals surface area contributed by atoms with Crippen LogP contribution in [0.25, 0.3) is 0 Å². The van der Waals surface area contributed by atoms with E-state index < -0.39 is 16.2 Å². The summed E-state index contributed by atoms with van der Waals surface area (Å²) in [4.78, 5) is 3.87. The lowest BCUT2D eigenvalue weighted by Crippen LogP contribution is -2.48. The van der Waals surface area contributed by atoms with E-state index >= 15 is 0 Å². The maximum Gasteiger partial charge on any atom is 0.263 e. The SMILES string of the molecule is Cn1cnc(S(=O)(=O)N2CCCCC2N)c1. The summed E-state index contributed by atoms with van der Waals surface area (Å²) in [7, 11) is -1.78. The van der Waals surface area contributed by atoms with Gasteiger partial charge in [0, 0.05) is 19.8 Å². The lowest BCUT2D eigenvalue weighted by Gasteiger charge is -2.31. The molecule has 0 amide bonds. The average Bonchev–Trinajstić information content (AvgIpc) is 2.66. The highest BCUT2D eigenvalue weighted by Crippen LogP contribution is 2.21. The number of aryl methyl sites for hydroxylation is 1. The molecule has 6 nitrogen and oxygen atoms in total. The molecule has 2 rings (SSSR count). The van der Waals surface area contributed by atoms with Gasteiger partial charge in [0.05, 0.1) is 12.5 Å². The molecular formula is C9H16N4O2S. The van der Waals surface area contributed by atoms with Crippen LogP contribution in [0.1, 0.15) is 19.3 Å². The number of aromatic nitrogens is 2. The monoisotopic (exact) mass is 244 g/mol. The number of piperidine rings is 1. The Kier molecular flexibility index (Phi) is 3.00. The lowest BCUT2D eigenvalue weighted by atomic mass is 10.1. The third-order valence-electron chi connectivity index (χ3n) is 2.75. The molecule has 1 aromatic heterocycles. The van der Waals surface area contributed by atoms with E-state index in [-0.39, 0.29) is 5.03 Å². The fourth-order valence-electron chi connectivity index (χ4n) is 1.87. The summed E-state index contributed by atoms with van der Waals surface area (Å²) in [6.07, 6.45) is 5.11. The highest BCUT2D eigenvalue weighted by molar-refractivity contribution is 7.89. The molecule has 2 heterocycles. The van der Waals surface area contributed by atoms with E-state index in [1.807, 2.05) is 0 Å². The molecule has 90 valence electrons. The van der Waals surface area contributed by atoms with Gasteiger partial charge >= 0.3 is 0 Å². The van der Waals surface area contributed by atoms with Crippen LogP contribution < -0.4 is 5.73 Å². The van der Waals surface area contributed by atoms with Crippen molar-refractivity contribution in [2.75, 3.05) is 6.54 Å². The van der Waals surface area contributed by atoms with Crippen molar-refractivity contribution in [2.45, 2.75) is 30.5 Å². The minimum Gasteiger partial charge on any atom is -0.339 e. The number of imidazole rings is 1. The second kappa shape index (κ2) is 4.15. The van der Waals surface area contributed by atoms with Crippen LogP contribution in [-0.4, -0.2) is 35.0 Å². The minimum atomic E-state index is -3.51. The molecule has 1 saturated heterocycles. The number of rotatable bonds is 2. The number of nitrogens with two attached hydrogens (primary N) is 1. The highest BCUT2D eigenvalue weighted by atomic mass is 32.2. The summed E-state index contributed by atoms with van der Waals surface area (Å²) < 4.78 is 27.3. The van der Waals surface area contributed by atoms with Gasteiger partial charge in [-0.2, -0.15) is 4.31 Å². The van der Waals surface area contributed by atoms with Crippen LogP contribution in [0.3, 0.4) is 0 Å². The van der Waals surface area contributed by atoms with Crippen LogP contribution in [0.4, 0.5) is 0 Å². The molecule has 1 fully saturated rings.